The van der Waals surface area contributed by atoms with Gasteiger partial charge in [0.2, 0.25) is 0 Å². The van der Waals surface area contributed by atoms with Crippen LogP contribution in [0.15, 0.2) is 35.7 Å². The lowest BCUT2D eigenvalue weighted by Gasteiger charge is -2.27. The summed E-state index contributed by atoms with van der Waals surface area (Å²) in [7, 11) is 1.72. The van der Waals surface area contributed by atoms with E-state index in [4.69, 9.17) is 4.74 Å². The van der Waals surface area contributed by atoms with Gasteiger partial charge in [0.15, 0.2) is 0 Å². The molecule has 0 amide bonds. The van der Waals surface area contributed by atoms with E-state index in [2.05, 4.69) is 41.9 Å². The van der Waals surface area contributed by atoms with Crippen molar-refractivity contribution in [3.05, 3.63) is 51.7 Å². The van der Waals surface area contributed by atoms with Gasteiger partial charge in [-0.2, -0.15) is 0 Å². The fourth-order valence-corrected chi connectivity index (χ4v) is 3.96. The van der Waals surface area contributed by atoms with E-state index in [0.29, 0.717) is 12.1 Å². The van der Waals surface area contributed by atoms with Crippen LogP contribution in [0.1, 0.15) is 47.9 Å². The van der Waals surface area contributed by atoms with Gasteiger partial charge in [0.1, 0.15) is 5.75 Å². The summed E-state index contributed by atoms with van der Waals surface area (Å²) in [6.07, 6.45) is 3.77. The van der Waals surface area contributed by atoms with Gasteiger partial charge in [-0.1, -0.05) is 12.1 Å². The Hall–Kier alpha value is -1.32. The Bertz CT molecular complexity index is 578. The van der Waals surface area contributed by atoms with Gasteiger partial charge < -0.3 is 10.1 Å². The molecule has 1 aromatic heterocycles. The Morgan fingerprint density at radius 1 is 1.35 bits per heavy atom. The number of fused-ring (bicyclic) bond motifs is 1. The molecule has 3 heteroatoms. The average molecular weight is 287 g/mol. The van der Waals surface area contributed by atoms with Gasteiger partial charge in [0.25, 0.3) is 0 Å². The predicted octanol–water partition coefficient (Wildman–Crippen LogP) is 4.48. The highest BCUT2D eigenvalue weighted by Gasteiger charge is 2.22. The van der Waals surface area contributed by atoms with Crippen LogP contribution in [0.3, 0.4) is 0 Å². The van der Waals surface area contributed by atoms with Crippen LogP contribution in [0.2, 0.25) is 0 Å². The Balaban J connectivity index is 1.75. The number of benzene rings is 1. The first-order chi connectivity index (χ1) is 9.78. The lowest BCUT2D eigenvalue weighted by Crippen LogP contribution is -2.27. The molecule has 2 aromatic rings. The largest absolute Gasteiger partial charge is 0.497 e. The summed E-state index contributed by atoms with van der Waals surface area (Å²) in [6, 6.07) is 11.4. The maximum absolute atomic E-state index is 5.31. The molecule has 1 aliphatic carbocycles. The number of methoxy groups -OCH3 is 1. The Labute approximate surface area is 124 Å². The lowest BCUT2D eigenvalue weighted by atomic mass is 9.93. The molecule has 0 bridgehead atoms. The van der Waals surface area contributed by atoms with Crippen molar-refractivity contribution >= 4 is 11.3 Å². The van der Waals surface area contributed by atoms with Gasteiger partial charge >= 0.3 is 0 Å². The van der Waals surface area contributed by atoms with Crippen molar-refractivity contribution in [2.45, 2.75) is 38.3 Å². The Morgan fingerprint density at radius 2 is 2.25 bits per heavy atom. The topological polar surface area (TPSA) is 21.3 Å². The van der Waals surface area contributed by atoms with Crippen molar-refractivity contribution in [1.82, 2.24) is 5.32 Å². The van der Waals surface area contributed by atoms with E-state index in [1.165, 1.54) is 30.4 Å². The highest BCUT2D eigenvalue weighted by molar-refractivity contribution is 7.10. The van der Waals surface area contributed by atoms with Crippen molar-refractivity contribution in [3.8, 4) is 5.75 Å². The number of nitrogens with one attached hydrogen (secondary N) is 1. The minimum atomic E-state index is 0.334. The Kier molecular flexibility index (Phi) is 4.08. The van der Waals surface area contributed by atoms with Gasteiger partial charge in [-0.05, 0) is 60.9 Å². The number of rotatable bonds is 4. The fraction of sp³-hybridized carbons (Fsp3) is 0.412. The molecule has 0 fully saturated rings. The monoisotopic (exact) mass is 287 g/mol. The number of hydrogen-bond donors (Lipinski definition) is 1. The summed E-state index contributed by atoms with van der Waals surface area (Å²) in [5.74, 6) is 0.927. The third-order valence-corrected chi connectivity index (χ3v) is 5.09. The van der Waals surface area contributed by atoms with E-state index in [9.17, 15) is 0 Å². The molecule has 20 heavy (non-hydrogen) atoms. The summed E-state index contributed by atoms with van der Waals surface area (Å²) in [5.41, 5.74) is 2.79. The number of thiophene rings is 1. The summed E-state index contributed by atoms with van der Waals surface area (Å²) in [5, 5.41) is 6.00. The minimum Gasteiger partial charge on any atom is -0.497 e. The number of aryl methyl sites for hydroxylation is 1. The molecule has 1 heterocycles. The summed E-state index contributed by atoms with van der Waals surface area (Å²) >= 11 is 1.90. The molecule has 2 nitrogen and oxygen atoms in total. The van der Waals surface area contributed by atoms with Crippen LogP contribution < -0.4 is 10.1 Å². The standard InChI is InChI=1S/C17H21NOS/c1-12(13-5-3-6-14(11-13)19-2)18-16-7-4-8-17-15(16)9-10-20-17/h3,5-6,9-12,16,18H,4,7-8H2,1-2H3/t12-,16?/m1/s1. The molecule has 0 saturated carbocycles. The minimum absolute atomic E-state index is 0.334. The second-order valence-electron chi connectivity index (χ2n) is 5.41. The lowest BCUT2D eigenvalue weighted by molar-refractivity contribution is 0.405. The van der Waals surface area contributed by atoms with Crippen LogP contribution in [-0.4, -0.2) is 7.11 Å². The van der Waals surface area contributed by atoms with Crippen molar-refractivity contribution in [3.63, 3.8) is 0 Å². The number of hydrogen-bond acceptors (Lipinski definition) is 3. The molecule has 3 rings (SSSR count). The van der Waals surface area contributed by atoms with Crippen molar-refractivity contribution in [2.24, 2.45) is 0 Å². The van der Waals surface area contributed by atoms with E-state index in [1.54, 1.807) is 12.0 Å². The highest BCUT2D eigenvalue weighted by Crippen LogP contribution is 2.35. The smallest absolute Gasteiger partial charge is 0.119 e. The van der Waals surface area contributed by atoms with Crippen LogP contribution in [0.4, 0.5) is 0 Å². The van der Waals surface area contributed by atoms with Crippen molar-refractivity contribution in [2.75, 3.05) is 7.11 Å². The zero-order valence-corrected chi connectivity index (χ0v) is 12.9. The molecule has 0 aliphatic heterocycles. The predicted molar refractivity (Wildman–Crippen MR) is 84.5 cm³/mol. The summed E-state index contributed by atoms with van der Waals surface area (Å²) in [6.45, 7) is 2.23. The Morgan fingerprint density at radius 3 is 3.10 bits per heavy atom. The first-order valence-electron chi connectivity index (χ1n) is 7.24. The number of ether oxygens (including phenoxy) is 1. The van der Waals surface area contributed by atoms with E-state index in [-0.39, 0.29) is 0 Å². The molecular formula is C17H21NOS. The fourth-order valence-electron chi connectivity index (χ4n) is 2.97. The van der Waals surface area contributed by atoms with Gasteiger partial charge in [0.05, 0.1) is 7.11 Å². The molecule has 0 spiro atoms. The molecule has 2 atom stereocenters. The normalized spacial score (nSPS) is 19.4. The van der Waals surface area contributed by atoms with Gasteiger partial charge in [-0.15, -0.1) is 11.3 Å². The molecule has 1 aromatic carbocycles. The maximum Gasteiger partial charge on any atom is 0.119 e. The second-order valence-corrected chi connectivity index (χ2v) is 6.41. The third-order valence-electron chi connectivity index (χ3n) is 4.10. The zero-order chi connectivity index (χ0) is 13.9. The second kappa shape index (κ2) is 5.98. The van der Waals surface area contributed by atoms with E-state index >= 15 is 0 Å². The molecule has 0 saturated heterocycles. The molecule has 1 N–H and O–H groups in total. The first kappa shape index (κ1) is 13.7. The van der Waals surface area contributed by atoms with E-state index in [1.807, 2.05) is 17.4 Å². The van der Waals surface area contributed by atoms with Crippen LogP contribution in [0.5, 0.6) is 5.75 Å². The average Bonchev–Trinajstić information content (AvgIpc) is 2.97. The molecule has 0 radical (unpaired) electrons. The van der Waals surface area contributed by atoms with Crippen LogP contribution in [-0.2, 0) is 6.42 Å². The van der Waals surface area contributed by atoms with Crippen LogP contribution in [0.25, 0.3) is 0 Å². The molecule has 1 unspecified atom stereocenters. The molecule has 106 valence electrons. The van der Waals surface area contributed by atoms with Crippen molar-refractivity contribution in [1.29, 1.82) is 0 Å². The first-order valence-corrected chi connectivity index (χ1v) is 8.12. The highest BCUT2D eigenvalue weighted by atomic mass is 32.1. The quantitative estimate of drug-likeness (QED) is 0.895. The molecule has 1 aliphatic rings. The third kappa shape index (κ3) is 2.74. The van der Waals surface area contributed by atoms with Gasteiger partial charge in [0, 0.05) is 17.0 Å². The van der Waals surface area contributed by atoms with Gasteiger partial charge in [-0.25, -0.2) is 0 Å². The van der Waals surface area contributed by atoms with Crippen LogP contribution >= 0.6 is 11.3 Å². The van der Waals surface area contributed by atoms with Gasteiger partial charge in [-0.3, -0.25) is 0 Å². The zero-order valence-electron chi connectivity index (χ0n) is 12.1. The van der Waals surface area contributed by atoms with Crippen molar-refractivity contribution < 1.29 is 4.74 Å². The van der Waals surface area contributed by atoms with E-state index < -0.39 is 0 Å². The van der Waals surface area contributed by atoms with Crippen LogP contribution in [0, 0.1) is 0 Å². The SMILES string of the molecule is COc1cccc([C@@H](C)NC2CCCc3sccc32)c1. The summed E-state index contributed by atoms with van der Waals surface area (Å²) < 4.78 is 5.31. The summed E-state index contributed by atoms with van der Waals surface area (Å²) in [4.78, 5) is 1.56. The van der Waals surface area contributed by atoms with E-state index in [0.717, 1.165) is 5.75 Å². The molecular weight excluding hydrogens is 266 g/mol. The maximum atomic E-state index is 5.31.